The Morgan fingerprint density at radius 3 is 2.57 bits per heavy atom. The van der Waals surface area contributed by atoms with Crippen molar-refractivity contribution >= 4 is 44.8 Å². The number of thiazole rings is 2. The molecule has 0 spiro atoms. The molecule has 1 atom stereocenters. The quantitative estimate of drug-likeness (QED) is 0.659. The summed E-state index contributed by atoms with van der Waals surface area (Å²) < 4.78 is 0. The predicted molar refractivity (Wildman–Crippen MR) is 112 cm³/mol. The number of anilines is 2. The van der Waals surface area contributed by atoms with Crippen molar-refractivity contribution in [2.45, 2.75) is 39.0 Å². The van der Waals surface area contributed by atoms with E-state index in [1.807, 2.05) is 31.4 Å². The van der Waals surface area contributed by atoms with E-state index < -0.39 is 0 Å². The number of hydrogen-bond donors (Lipinski definition) is 2. The second-order valence-electron chi connectivity index (χ2n) is 6.88. The second kappa shape index (κ2) is 7.81. The SMILES string of the molecule is Cc1ccc(C(=O)Nc2nc3c(s2)CCCC3C(=O)Nc2nc(C)cs2)cc1. The van der Waals surface area contributed by atoms with Crippen LogP contribution < -0.4 is 10.6 Å². The highest BCUT2D eigenvalue weighted by molar-refractivity contribution is 7.16. The summed E-state index contributed by atoms with van der Waals surface area (Å²) in [7, 11) is 0. The number of hydrogen-bond acceptors (Lipinski definition) is 6. The molecule has 2 N–H and O–H groups in total. The maximum atomic E-state index is 12.8. The van der Waals surface area contributed by atoms with Crippen LogP contribution in [0.2, 0.25) is 0 Å². The van der Waals surface area contributed by atoms with Crippen molar-refractivity contribution < 1.29 is 9.59 Å². The largest absolute Gasteiger partial charge is 0.301 e. The molecular formula is C20H20N4O2S2. The van der Waals surface area contributed by atoms with Crippen molar-refractivity contribution in [3.8, 4) is 0 Å². The first-order valence-corrected chi connectivity index (χ1v) is 10.8. The number of amides is 2. The Bertz CT molecular complexity index is 1020. The second-order valence-corrected chi connectivity index (χ2v) is 8.82. The van der Waals surface area contributed by atoms with Gasteiger partial charge in [0.25, 0.3) is 5.91 Å². The van der Waals surface area contributed by atoms with E-state index >= 15 is 0 Å². The first kappa shape index (κ1) is 18.8. The zero-order valence-corrected chi connectivity index (χ0v) is 17.2. The lowest BCUT2D eigenvalue weighted by Crippen LogP contribution is -2.24. The maximum Gasteiger partial charge on any atom is 0.257 e. The van der Waals surface area contributed by atoms with Crippen LogP contribution in [0.15, 0.2) is 29.6 Å². The van der Waals surface area contributed by atoms with Crippen LogP contribution in [0.1, 0.15) is 50.9 Å². The van der Waals surface area contributed by atoms with Gasteiger partial charge in [-0.25, -0.2) is 9.97 Å². The Kier molecular flexibility index (Phi) is 5.23. The van der Waals surface area contributed by atoms with Crippen LogP contribution in [0.5, 0.6) is 0 Å². The normalized spacial score (nSPS) is 15.7. The lowest BCUT2D eigenvalue weighted by atomic mass is 9.90. The summed E-state index contributed by atoms with van der Waals surface area (Å²) in [6.07, 6.45) is 2.56. The Balaban J connectivity index is 1.50. The number of nitrogens with one attached hydrogen (secondary N) is 2. The van der Waals surface area contributed by atoms with Gasteiger partial charge in [-0.3, -0.25) is 14.9 Å². The molecule has 4 rings (SSSR count). The number of aryl methyl sites for hydroxylation is 3. The monoisotopic (exact) mass is 412 g/mol. The molecule has 2 heterocycles. The predicted octanol–water partition coefficient (Wildman–Crippen LogP) is 4.53. The molecule has 1 unspecified atom stereocenters. The molecule has 2 amide bonds. The van der Waals surface area contributed by atoms with E-state index in [0.717, 1.165) is 41.1 Å². The molecule has 1 aromatic carbocycles. The minimum absolute atomic E-state index is 0.0861. The zero-order valence-electron chi connectivity index (χ0n) is 15.6. The minimum Gasteiger partial charge on any atom is -0.301 e. The molecule has 0 radical (unpaired) electrons. The number of nitrogens with zero attached hydrogens (tertiary/aromatic N) is 2. The lowest BCUT2D eigenvalue weighted by molar-refractivity contribution is -0.117. The van der Waals surface area contributed by atoms with Crippen LogP contribution in [0.3, 0.4) is 0 Å². The number of aromatic nitrogens is 2. The van der Waals surface area contributed by atoms with Crippen molar-refractivity contribution in [3.63, 3.8) is 0 Å². The average molecular weight is 413 g/mol. The van der Waals surface area contributed by atoms with Crippen LogP contribution >= 0.6 is 22.7 Å². The Hall–Kier alpha value is -2.58. The first-order chi connectivity index (χ1) is 13.5. The molecule has 28 heavy (non-hydrogen) atoms. The molecule has 0 saturated heterocycles. The van der Waals surface area contributed by atoms with E-state index in [-0.39, 0.29) is 17.7 Å². The van der Waals surface area contributed by atoms with E-state index in [4.69, 9.17) is 0 Å². The summed E-state index contributed by atoms with van der Waals surface area (Å²) >= 11 is 2.87. The van der Waals surface area contributed by atoms with Gasteiger partial charge in [0.2, 0.25) is 5.91 Å². The molecule has 3 aromatic rings. The molecule has 1 aliphatic carbocycles. The Labute approximate surface area is 171 Å². The summed E-state index contributed by atoms with van der Waals surface area (Å²) in [6.45, 7) is 3.88. The fourth-order valence-corrected chi connectivity index (χ4v) is 4.96. The van der Waals surface area contributed by atoms with E-state index in [1.165, 1.54) is 22.7 Å². The third-order valence-electron chi connectivity index (χ3n) is 4.65. The Morgan fingerprint density at radius 2 is 1.86 bits per heavy atom. The molecular weight excluding hydrogens is 392 g/mol. The molecule has 144 valence electrons. The van der Waals surface area contributed by atoms with Crippen molar-refractivity contribution in [2.75, 3.05) is 10.6 Å². The highest BCUT2D eigenvalue weighted by Gasteiger charge is 2.31. The fourth-order valence-electron chi connectivity index (χ4n) is 3.21. The van der Waals surface area contributed by atoms with Crippen molar-refractivity contribution in [2.24, 2.45) is 0 Å². The molecule has 0 saturated carbocycles. The Morgan fingerprint density at radius 1 is 1.07 bits per heavy atom. The standard InChI is InChI=1S/C20H20N4O2S2/c1-11-6-8-13(9-7-11)17(25)23-20-22-16-14(4-3-5-15(16)28-20)18(26)24-19-21-12(2)10-27-19/h6-10,14H,3-5H2,1-2H3,(H,21,24,26)(H,22,23,25). The molecule has 6 nitrogen and oxygen atoms in total. The van der Waals surface area contributed by atoms with Gasteiger partial charge in [-0.05, 0) is 45.2 Å². The van der Waals surface area contributed by atoms with Crippen LogP contribution in [0.25, 0.3) is 0 Å². The maximum absolute atomic E-state index is 12.8. The van der Waals surface area contributed by atoms with Gasteiger partial charge in [-0.1, -0.05) is 17.7 Å². The van der Waals surface area contributed by atoms with E-state index in [2.05, 4.69) is 20.6 Å². The van der Waals surface area contributed by atoms with Gasteiger partial charge in [-0.2, -0.15) is 0 Å². The van der Waals surface area contributed by atoms with Crippen molar-refractivity contribution in [3.05, 3.63) is 57.0 Å². The number of benzene rings is 1. The average Bonchev–Trinajstić information content (AvgIpc) is 3.27. The van der Waals surface area contributed by atoms with Crippen LogP contribution in [0.4, 0.5) is 10.3 Å². The molecule has 0 aliphatic heterocycles. The fraction of sp³-hybridized carbons (Fsp3) is 0.300. The first-order valence-electron chi connectivity index (χ1n) is 9.10. The van der Waals surface area contributed by atoms with Gasteiger partial charge in [-0.15, -0.1) is 22.7 Å². The zero-order chi connectivity index (χ0) is 19.7. The number of carbonyl (C=O) groups is 2. The third kappa shape index (κ3) is 3.98. The lowest BCUT2D eigenvalue weighted by Gasteiger charge is -2.19. The van der Waals surface area contributed by atoms with Gasteiger partial charge in [0.1, 0.15) is 0 Å². The summed E-state index contributed by atoms with van der Waals surface area (Å²) in [5, 5.41) is 8.83. The summed E-state index contributed by atoms with van der Waals surface area (Å²) in [5.74, 6) is -0.586. The molecule has 8 heteroatoms. The van der Waals surface area contributed by atoms with Crippen LogP contribution in [0, 0.1) is 13.8 Å². The highest BCUT2D eigenvalue weighted by atomic mass is 32.1. The van der Waals surface area contributed by atoms with E-state index in [9.17, 15) is 9.59 Å². The van der Waals surface area contributed by atoms with Gasteiger partial charge >= 0.3 is 0 Å². The number of carbonyl (C=O) groups excluding carboxylic acids is 2. The van der Waals surface area contributed by atoms with Crippen molar-refractivity contribution in [1.82, 2.24) is 9.97 Å². The van der Waals surface area contributed by atoms with E-state index in [0.29, 0.717) is 15.8 Å². The number of rotatable bonds is 4. The minimum atomic E-state index is -0.311. The smallest absolute Gasteiger partial charge is 0.257 e. The van der Waals surface area contributed by atoms with E-state index in [1.54, 1.807) is 12.1 Å². The van der Waals surface area contributed by atoms with Gasteiger partial charge < -0.3 is 5.32 Å². The highest BCUT2D eigenvalue weighted by Crippen LogP contribution is 2.37. The summed E-state index contributed by atoms with van der Waals surface area (Å²) in [5.41, 5.74) is 3.36. The van der Waals surface area contributed by atoms with Crippen LogP contribution in [-0.4, -0.2) is 21.8 Å². The van der Waals surface area contributed by atoms with Crippen LogP contribution in [-0.2, 0) is 11.2 Å². The molecule has 0 fully saturated rings. The molecule has 1 aliphatic rings. The summed E-state index contributed by atoms with van der Waals surface area (Å²) in [6, 6.07) is 7.40. The van der Waals surface area contributed by atoms with Gasteiger partial charge in [0.05, 0.1) is 17.3 Å². The molecule has 0 bridgehead atoms. The van der Waals surface area contributed by atoms with Gasteiger partial charge in [0.15, 0.2) is 10.3 Å². The summed E-state index contributed by atoms with van der Waals surface area (Å²) in [4.78, 5) is 35.2. The van der Waals surface area contributed by atoms with Crippen molar-refractivity contribution in [1.29, 1.82) is 0 Å². The van der Waals surface area contributed by atoms with Gasteiger partial charge in [0, 0.05) is 15.8 Å². The number of fused-ring (bicyclic) bond motifs is 1. The molecule has 2 aromatic heterocycles. The third-order valence-corrected chi connectivity index (χ3v) is 6.58. The topological polar surface area (TPSA) is 84.0 Å².